The van der Waals surface area contributed by atoms with Gasteiger partial charge in [0.15, 0.2) is 23.0 Å². The van der Waals surface area contributed by atoms with Gasteiger partial charge in [-0.3, -0.25) is 0 Å². The van der Waals surface area contributed by atoms with Crippen molar-refractivity contribution in [3.05, 3.63) is 210 Å². The average Bonchev–Trinajstić information content (AvgIpc) is 3.36. The van der Waals surface area contributed by atoms with Crippen LogP contribution in [0.15, 0.2) is 121 Å². The highest BCUT2D eigenvalue weighted by molar-refractivity contribution is 5.68. The monoisotopic (exact) mass is 996 g/mol. The van der Waals surface area contributed by atoms with Crippen LogP contribution in [0.2, 0.25) is 0 Å². The van der Waals surface area contributed by atoms with Crippen molar-refractivity contribution in [1.29, 1.82) is 0 Å². The molecular formula is C62H60O12. The first-order valence-corrected chi connectivity index (χ1v) is 24.4. The summed E-state index contributed by atoms with van der Waals surface area (Å²) in [6, 6.07) is 34.4. The Balaban J connectivity index is 1.52. The summed E-state index contributed by atoms with van der Waals surface area (Å²) in [6.45, 7) is 11.4. The number of fused-ring (bicyclic) bond motifs is 8. The predicted octanol–water partition coefficient (Wildman–Crippen LogP) is 12.4. The molecule has 1 aliphatic rings. The normalized spacial score (nSPS) is 16.1. The van der Waals surface area contributed by atoms with Gasteiger partial charge in [0.05, 0.1) is 27.4 Å². The van der Waals surface area contributed by atoms with Crippen LogP contribution in [-0.2, 0) is 0 Å². The highest BCUT2D eigenvalue weighted by Crippen LogP contribution is 2.54. The fourth-order valence-electron chi connectivity index (χ4n) is 10.8. The van der Waals surface area contributed by atoms with Gasteiger partial charge in [0, 0.05) is 69.2 Å². The van der Waals surface area contributed by atoms with Crippen molar-refractivity contribution >= 4 is 0 Å². The molecule has 0 saturated carbocycles. The number of aromatic hydroxyl groups is 8. The van der Waals surface area contributed by atoms with Crippen molar-refractivity contribution in [2.45, 2.75) is 65.2 Å². The summed E-state index contributed by atoms with van der Waals surface area (Å²) in [5, 5.41) is 93.9. The molecule has 12 nitrogen and oxygen atoms in total. The van der Waals surface area contributed by atoms with Gasteiger partial charge < -0.3 is 59.8 Å². The van der Waals surface area contributed by atoms with Crippen LogP contribution < -0.4 is 18.9 Å². The molecule has 380 valence electrons. The second-order valence-corrected chi connectivity index (χ2v) is 19.0. The second kappa shape index (κ2) is 20.1. The zero-order valence-electron chi connectivity index (χ0n) is 42.5. The molecule has 0 aliphatic heterocycles. The van der Waals surface area contributed by atoms with Crippen LogP contribution in [0.5, 0.6) is 69.0 Å². The molecule has 8 bridgehead atoms. The average molecular weight is 997 g/mol. The summed E-state index contributed by atoms with van der Waals surface area (Å²) in [7, 11) is 2.97. The third-order valence-corrected chi connectivity index (χ3v) is 14.4. The Morgan fingerprint density at radius 3 is 0.919 bits per heavy atom. The number of hydrogen-bond acceptors (Lipinski definition) is 12. The number of phenolic OH excluding ortho intramolecular Hbond substituents is 8. The Hall–Kier alpha value is -8.64. The molecule has 0 saturated heterocycles. The first-order valence-electron chi connectivity index (χ1n) is 24.4. The molecule has 0 spiro atoms. The lowest BCUT2D eigenvalue weighted by molar-refractivity contribution is 0.317. The molecule has 9 rings (SSSR count). The van der Waals surface area contributed by atoms with Gasteiger partial charge in [-0.05, 0) is 170 Å². The van der Waals surface area contributed by atoms with Crippen LogP contribution in [0.25, 0.3) is 0 Å². The van der Waals surface area contributed by atoms with Gasteiger partial charge in [-0.15, -0.1) is 0 Å². The minimum absolute atomic E-state index is 0.0313. The summed E-state index contributed by atoms with van der Waals surface area (Å²) in [4.78, 5) is 0. The molecule has 0 fully saturated rings. The second-order valence-electron chi connectivity index (χ2n) is 19.0. The number of methoxy groups -OCH3 is 2. The van der Waals surface area contributed by atoms with E-state index in [1.165, 1.54) is 38.5 Å². The van der Waals surface area contributed by atoms with Crippen molar-refractivity contribution in [2.75, 3.05) is 27.4 Å². The zero-order valence-corrected chi connectivity index (χ0v) is 42.5. The van der Waals surface area contributed by atoms with Gasteiger partial charge in [0.2, 0.25) is 0 Å². The molecule has 0 aromatic heterocycles. The van der Waals surface area contributed by atoms with Crippen molar-refractivity contribution in [2.24, 2.45) is 0 Å². The Morgan fingerprint density at radius 2 is 0.595 bits per heavy atom. The third kappa shape index (κ3) is 9.01. The summed E-state index contributed by atoms with van der Waals surface area (Å²) in [5.74, 6) is -2.96. The maximum Gasteiger partial charge on any atom is 0.161 e. The van der Waals surface area contributed by atoms with Crippen molar-refractivity contribution in [1.82, 2.24) is 0 Å². The van der Waals surface area contributed by atoms with Crippen LogP contribution in [0.3, 0.4) is 0 Å². The molecule has 0 radical (unpaired) electrons. The van der Waals surface area contributed by atoms with E-state index >= 15 is 0 Å². The maximum atomic E-state index is 12.5. The van der Waals surface area contributed by atoms with Gasteiger partial charge in [-0.2, -0.15) is 0 Å². The lowest BCUT2D eigenvalue weighted by Gasteiger charge is -2.31. The highest BCUT2D eigenvalue weighted by Gasteiger charge is 2.35. The topological polar surface area (TPSA) is 199 Å². The summed E-state index contributed by atoms with van der Waals surface area (Å²) in [5.41, 5.74) is 9.05. The molecule has 4 atom stereocenters. The minimum atomic E-state index is -0.941. The fraction of sp³-hybridized carbons (Fsp3) is 0.226. The van der Waals surface area contributed by atoms with Crippen LogP contribution in [0.1, 0.15) is 127 Å². The molecule has 1 aliphatic carbocycles. The van der Waals surface area contributed by atoms with Crippen molar-refractivity contribution in [3.8, 4) is 69.0 Å². The summed E-state index contributed by atoms with van der Waals surface area (Å²) < 4.78 is 24.2. The van der Waals surface area contributed by atoms with E-state index in [1.54, 1.807) is 94.4 Å². The first-order chi connectivity index (χ1) is 35.5. The maximum absolute atomic E-state index is 12.5. The third-order valence-electron chi connectivity index (χ3n) is 14.4. The number of benzene rings is 8. The highest BCUT2D eigenvalue weighted by atomic mass is 16.5. The number of aryl methyl sites for hydroxylation is 4. The van der Waals surface area contributed by atoms with E-state index in [9.17, 15) is 40.9 Å². The molecule has 0 heterocycles. The number of ether oxygens (including phenoxy) is 4. The minimum Gasteiger partial charge on any atom is -0.508 e. The molecule has 8 aromatic carbocycles. The lowest BCUT2D eigenvalue weighted by Crippen LogP contribution is -2.15. The number of hydrogen-bond donors (Lipinski definition) is 8. The Kier molecular flexibility index (Phi) is 13.7. The molecule has 8 N–H and O–H groups in total. The quantitative estimate of drug-likeness (QED) is 0.0646. The fourth-order valence-corrected chi connectivity index (χ4v) is 10.8. The van der Waals surface area contributed by atoms with Crippen molar-refractivity contribution < 1.29 is 59.8 Å². The van der Waals surface area contributed by atoms with Gasteiger partial charge in [0.1, 0.15) is 46.0 Å². The Morgan fingerprint density at radius 1 is 0.297 bits per heavy atom. The van der Waals surface area contributed by atoms with E-state index in [0.717, 1.165) is 0 Å². The smallest absolute Gasteiger partial charge is 0.161 e. The van der Waals surface area contributed by atoms with Gasteiger partial charge in [0.25, 0.3) is 0 Å². The van der Waals surface area contributed by atoms with Crippen LogP contribution in [0.4, 0.5) is 0 Å². The molecule has 74 heavy (non-hydrogen) atoms. The molecule has 0 amide bonds. The van der Waals surface area contributed by atoms with E-state index in [1.807, 2.05) is 44.2 Å². The van der Waals surface area contributed by atoms with Crippen LogP contribution >= 0.6 is 0 Å². The van der Waals surface area contributed by atoms with Gasteiger partial charge in [-0.1, -0.05) is 36.4 Å². The predicted molar refractivity (Wildman–Crippen MR) is 283 cm³/mol. The van der Waals surface area contributed by atoms with Crippen LogP contribution in [-0.4, -0.2) is 68.3 Å². The van der Waals surface area contributed by atoms with E-state index in [0.29, 0.717) is 89.0 Å². The largest absolute Gasteiger partial charge is 0.508 e. The number of phenols is 8. The first kappa shape index (κ1) is 50.3. The van der Waals surface area contributed by atoms with E-state index < -0.39 is 23.7 Å². The standard InChI is InChI=1S/C62H60O12/c1-9-73-57-23-37(13-17-49(57)65)61-42-26-40(32(4)22-52(42)68)59(35-11-15-47(63)33(5)19-35)41-25-39(31(3)21-51(41)67)60(36-12-16-48(64)34(6)20-36)43-27-45(55(71-7)29-53(43)69)62(38-14-18-50(66)58(24-38)74-10-2)44-28-46(61)56(72-8)30-54(44)70/h11-30,59-70H,9-10H2,1-8H3. The van der Waals surface area contributed by atoms with E-state index in [-0.39, 0.29) is 82.2 Å². The van der Waals surface area contributed by atoms with Crippen molar-refractivity contribution in [3.63, 3.8) is 0 Å². The molecular weight excluding hydrogens is 937 g/mol. The Labute approximate surface area is 430 Å². The van der Waals surface area contributed by atoms with Gasteiger partial charge >= 0.3 is 0 Å². The van der Waals surface area contributed by atoms with E-state index in [4.69, 9.17) is 18.9 Å². The van der Waals surface area contributed by atoms with E-state index in [2.05, 4.69) is 0 Å². The Bertz CT molecular complexity index is 3470. The summed E-state index contributed by atoms with van der Waals surface area (Å²) in [6.07, 6.45) is 0. The molecule has 8 aromatic rings. The van der Waals surface area contributed by atoms with Crippen LogP contribution in [0, 0.1) is 27.7 Å². The molecule has 4 unspecified atom stereocenters. The SMILES string of the molecule is CCOc1cc(C2c3cc(c(OC)cc3O)C(c3ccc(O)c(OCC)c3)c3cc(c(C)cc3O)C(c3ccc(O)c(C)c3)c3cc(c(C)cc3O)C(c3ccc(O)c(C)c3)c3cc2c(OC)cc3O)ccc1O. The summed E-state index contributed by atoms with van der Waals surface area (Å²) >= 11 is 0. The van der Waals surface area contributed by atoms with Gasteiger partial charge in [-0.25, -0.2) is 0 Å². The lowest BCUT2D eigenvalue weighted by atomic mass is 9.74. The zero-order chi connectivity index (χ0) is 52.9. The number of rotatable bonds is 10. The molecule has 12 heteroatoms.